The zero-order valence-electron chi connectivity index (χ0n) is 14.1. The third-order valence-corrected chi connectivity index (χ3v) is 5.03. The zero-order chi connectivity index (χ0) is 19.0. The molecule has 0 radical (unpaired) electrons. The van der Waals surface area contributed by atoms with Crippen molar-refractivity contribution in [1.29, 1.82) is 0 Å². The van der Waals surface area contributed by atoms with Crippen LogP contribution in [0.1, 0.15) is 41.0 Å². The minimum Gasteiger partial charge on any atom is -0.404 e. The van der Waals surface area contributed by atoms with Crippen molar-refractivity contribution in [3.63, 3.8) is 0 Å². The van der Waals surface area contributed by atoms with Crippen LogP contribution in [0.25, 0.3) is 0 Å². The smallest absolute Gasteiger partial charge is 0.404 e. The Morgan fingerprint density at radius 3 is 2.12 bits per heavy atom. The minimum atomic E-state index is -4.99. The van der Waals surface area contributed by atoms with E-state index in [-0.39, 0.29) is 9.89 Å². The highest BCUT2D eigenvalue weighted by Crippen LogP contribution is 2.34. The number of nitrogens with one attached hydrogen (secondary N) is 1. The van der Waals surface area contributed by atoms with Gasteiger partial charge in [0.2, 0.25) is 10.0 Å². The molecule has 9 heteroatoms. The van der Waals surface area contributed by atoms with Gasteiger partial charge in [-0.25, -0.2) is 13.1 Å². The van der Waals surface area contributed by atoms with Gasteiger partial charge in [-0.3, -0.25) is 0 Å². The second-order valence-corrected chi connectivity index (χ2v) is 9.93. The molecule has 0 aromatic heterocycles. The second-order valence-electron chi connectivity index (χ2n) is 7.37. The molecule has 0 atom stereocenters. The van der Waals surface area contributed by atoms with Crippen LogP contribution in [-0.4, -0.2) is 20.3 Å². The Kier molecular flexibility index (Phi) is 6.05. The molecular formula is C15H21BrF3NO3S. The summed E-state index contributed by atoms with van der Waals surface area (Å²) < 4.78 is 69.4. The topological polar surface area (TPSA) is 55.4 Å². The summed E-state index contributed by atoms with van der Waals surface area (Å²) in [6.07, 6.45) is -4.50. The summed E-state index contributed by atoms with van der Waals surface area (Å²) in [5.74, 6) is -0.782. The van der Waals surface area contributed by atoms with Gasteiger partial charge in [-0.15, -0.1) is 13.2 Å². The zero-order valence-corrected chi connectivity index (χ0v) is 16.5. The van der Waals surface area contributed by atoms with Crippen molar-refractivity contribution in [2.45, 2.75) is 57.8 Å². The van der Waals surface area contributed by atoms with E-state index in [1.807, 2.05) is 20.8 Å². The molecule has 1 N–H and O–H groups in total. The second kappa shape index (κ2) is 6.84. The summed E-state index contributed by atoms with van der Waals surface area (Å²) in [7, 11) is -4.21. The first-order valence-corrected chi connectivity index (χ1v) is 9.38. The molecular weight excluding hydrogens is 411 g/mol. The van der Waals surface area contributed by atoms with Crippen molar-refractivity contribution in [3.8, 4) is 5.75 Å². The van der Waals surface area contributed by atoms with Gasteiger partial charge >= 0.3 is 6.36 Å². The predicted molar refractivity (Wildman–Crippen MR) is 89.3 cm³/mol. The van der Waals surface area contributed by atoms with Crippen LogP contribution in [0.15, 0.2) is 27.6 Å². The number of halogens is 4. The molecule has 0 aliphatic rings. The summed E-state index contributed by atoms with van der Waals surface area (Å²) in [6.45, 7) is 9.19. The lowest BCUT2D eigenvalue weighted by Crippen LogP contribution is -2.45. The van der Waals surface area contributed by atoms with Crippen molar-refractivity contribution in [2.75, 3.05) is 0 Å². The normalized spacial score (nSPS) is 13.9. The first-order valence-electron chi connectivity index (χ1n) is 7.10. The van der Waals surface area contributed by atoms with Crippen molar-refractivity contribution >= 4 is 26.0 Å². The lowest BCUT2D eigenvalue weighted by molar-refractivity contribution is -0.275. The SMILES string of the molecule is CC(C)(C)CC(C)(C)NS(=O)(=O)c1ccc(Br)cc1OC(F)(F)F. The summed E-state index contributed by atoms with van der Waals surface area (Å²) in [4.78, 5) is -0.565. The largest absolute Gasteiger partial charge is 0.573 e. The monoisotopic (exact) mass is 431 g/mol. The maximum Gasteiger partial charge on any atom is 0.573 e. The van der Waals surface area contributed by atoms with Crippen LogP contribution in [0, 0.1) is 5.41 Å². The molecule has 0 saturated heterocycles. The van der Waals surface area contributed by atoms with Crippen LogP contribution in [0.5, 0.6) is 5.75 Å². The van der Waals surface area contributed by atoms with Crippen molar-refractivity contribution in [3.05, 3.63) is 22.7 Å². The Morgan fingerprint density at radius 2 is 1.67 bits per heavy atom. The Morgan fingerprint density at radius 1 is 1.12 bits per heavy atom. The van der Waals surface area contributed by atoms with Gasteiger partial charge in [0.25, 0.3) is 0 Å². The molecule has 0 fully saturated rings. The van der Waals surface area contributed by atoms with E-state index in [4.69, 9.17) is 0 Å². The molecule has 1 aromatic rings. The van der Waals surface area contributed by atoms with E-state index in [2.05, 4.69) is 25.4 Å². The van der Waals surface area contributed by atoms with Gasteiger partial charge in [-0.1, -0.05) is 36.7 Å². The molecule has 4 nitrogen and oxygen atoms in total. The third kappa shape index (κ3) is 6.98. The van der Waals surface area contributed by atoms with Gasteiger partial charge in [-0.05, 0) is 43.9 Å². The van der Waals surface area contributed by atoms with Gasteiger partial charge in [-0.2, -0.15) is 0 Å². The Balaban J connectivity index is 3.24. The molecule has 0 bridgehead atoms. The number of ether oxygens (including phenoxy) is 1. The van der Waals surface area contributed by atoms with E-state index in [1.54, 1.807) is 13.8 Å². The van der Waals surface area contributed by atoms with E-state index in [1.165, 1.54) is 6.07 Å². The number of hydrogen-bond acceptors (Lipinski definition) is 3. The fourth-order valence-electron chi connectivity index (χ4n) is 2.69. The van der Waals surface area contributed by atoms with Gasteiger partial charge in [0.1, 0.15) is 4.90 Å². The highest BCUT2D eigenvalue weighted by Gasteiger charge is 2.36. The van der Waals surface area contributed by atoms with Crippen LogP contribution in [0.3, 0.4) is 0 Å². The standard InChI is InChI=1S/C15H21BrF3NO3S/c1-13(2,3)9-14(4,5)20-24(21,22)12-7-6-10(16)8-11(12)23-15(17,18)19/h6-8,20H,9H2,1-5H3. The van der Waals surface area contributed by atoms with E-state index in [0.717, 1.165) is 12.1 Å². The van der Waals surface area contributed by atoms with Crippen LogP contribution < -0.4 is 9.46 Å². The summed E-state index contributed by atoms with van der Waals surface area (Å²) >= 11 is 3.01. The van der Waals surface area contributed by atoms with Gasteiger partial charge < -0.3 is 4.74 Å². The minimum absolute atomic E-state index is 0.170. The average molecular weight is 432 g/mol. The first kappa shape index (κ1) is 21.2. The van der Waals surface area contributed by atoms with E-state index in [9.17, 15) is 21.6 Å². The van der Waals surface area contributed by atoms with Crippen molar-refractivity contribution in [1.82, 2.24) is 4.72 Å². The number of hydrogen-bond donors (Lipinski definition) is 1. The van der Waals surface area contributed by atoms with Crippen LogP contribution >= 0.6 is 15.9 Å². The number of benzene rings is 1. The molecule has 1 aromatic carbocycles. The lowest BCUT2D eigenvalue weighted by atomic mass is 9.82. The van der Waals surface area contributed by atoms with Crippen LogP contribution in [0.2, 0.25) is 0 Å². The molecule has 1 rings (SSSR count). The molecule has 0 aliphatic carbocycles. The average Bonchev–Trinajstić information content (AvgIpc) is 2.19. The highest BCUT2D eigenvalue weighted by atomic mass is 79.9. The number of sulfonamides is 1. The molecule has 0 heterocycles. The molecule has 0 unspecified atom stereocenters. The number of alkyl halides is 3. The van der Waals surface area contributed by atoms with Crippen LogP contribution in [0.4, 0.5) is 13.2 Å². The third-order valence-electron chi connectivity index (χ3n) is 2.80. The molecule has 0 amide bonds. The summed E-state index contributed by atoms with van der Waals surface area (Å²) in [6, 6.07) is 3.38. The summed E-state index contributed by atoms with van der Waals surface area (Å²) in [5, 5.41) is 0. The summed E-state index contributed by atoms with van der Waals surface area (Å²) in [5.41, 5.74) is -1.02. The Hall–Kier alpha value is -0.800. The maximum atomic E-state index is 12.6. The molecule has 0 aliphatic heterocycles. The van der Waals surface area contributed by atoms with E-state index in [0.29, 0.717) is 6.42 Å². The lowest BCUT2D eigenvalue weighted by Gasteiger charge is -2.33. The highest BCUT2D eigenvalue weighted by molar-refractivity contribution is 9.10. The predicted octanol–water partition coefficient (Wildman–Crippen LogP) is 4.84. The number of rotatable bonds is 5. The van der Waals surface area contributed by atoms with E-state index < -0.39 is 32.6 Å². The van der Waals surface area contributed by atoms with Crippen molar-refractivity contribution < 1.29 is 26.3 Å². The Bertz CT molecular complexity index is 695. The quantitative estimate of drug-likeness (QED) is 0.725. The maximum absolute atomic E-state index is 12.6. The van der Waals surface area contributed by atoms with Crippen LogP contribution in [-0.2, 0) is 10.0 Å². The fraction of sp³-hybridized carbons (Fsp3) is 0.600. The van der Waals surface area contributed by atoms with Gasteiger partial charge in [0, 0.05) is 10.0 Å². The molecule has 0 saturated carbocycles. The van der Waals surface area contributed by atoms with Gasteiger partial charge in [0.15, 0.2) is 5.75 Å². The molecule has 138 valence electrons. The first-order chi connectivity index (χ1) is 10.5. The fourth-order valence-corrected chi connectivity index (χ4v) is 4.55. The Labute approximate surface area is 149 Å². The van der Waals surface area contributed by atoms with Gasteiger partial charge in [0.05, 0.1) is 0 Å². The molecule has 24 heavy (non-hydrogen) atoms. The molecule has 0 spiro atoms. The van der Waals surface area contributed by atoms with E-state index >= 15 is 0 Å². The van der Waals surface area contributed by atoms with Crippen molar-refractivity contribution in [2.24, 2.45) is 5.41 Å².